The second kappa shape index (κ2) is 20.5. The van der Waals surface area contributed by atoms with Crippen molar-refractivity contribution in [1.29, 1.82) is 0 Å². The first-order valence-corrected chi connectivity index (χ1v) is 11.2. The summed E-state index contributed by atoms with van der Waals surface area (Å²) in [5, 5.41) is 18.2. The predicted octanol–water partition coefficient (Wildman–Crippen LogP) is 4.81. The lowest BCUT2D eigenvalue weighted by atomic mass is 10.0. The van der Waals surface area contributed by atoms with Crippen LogP contribution in [0.1, 0.15) is 110 Å². The van der Waals surface area contributed by atoms with E-state index in [4.69, 9.17) is 9.84 Å². The van der Waals surface area contributed by atoms with Crippen molar-refractivity contribution >= 4 is 12.0 Å². The molecule has 0 aromatic carbocycles. The molecule has 0 aliphatic heterocycles. The molecule has 28 heavy (non-hydrogen) atoms. The number of aliphatic hydroxyl groups excluding tert-OH is 2. The van der Waals surface area contributed by atoms with Crippen molar-refractivity contribution in [3.63, 3.8) is 0 Å². The minimum absolute atomic E-state index is 0.223. The molecule has 0 aromatic heterocycles. The van der Waals surface area contributed by atoms with Crippen LogP contribution in [0.2, 0.25) is 0 Å². The van der Waals surface area contributed by atoms with E-state index in [-0.39, 0.29) is 6.42 Å². The highest BCUT2D eigenvalue weighted by atomic mass is 16.6. The fraction of sp³-hybridized carbons (Fsp3) is 0.909. The zero-order chi connectivity index (χ0) is 20.9. The monoisotopic (exact) mass is 399 g/mol. The molecule has 0 saturated carbocycles. The first kappa shape index (κ1) is 26.8. The summed E-state index contributed by atoms with van der Waals surface area (Å²) < 4.78 is 4.88. The molecule has 2 unspecified atom stereocenters. The van der Waals surface area contributed by atoms with Crippen LogP contribution in [0.25, 0.3) is 0 Å². The number of isocyanates is 1. The maximum absolute atomic E-state index is 11.7. The summed E-state index contributed by atoms with van der Waals surface area (Å²) >= 11 is 0. The molecule has 0 rings (SSSR count). The molecule has 0 spiro atoms. The zero-order valence-electron chi connectivity index (χ0n) is 17.7. The molecule has 0 aliphatic carbocycles. The molecule has 0 aromatic rings. The molecule has 2 N–H and O–H groups in total. The van der Waals surface area contributed by atoms with Crippen molar-refractivity contribution in [2.24, 2.45) is 4.99 Å². The van der Waals surface area contributed by atoms with Gasteiger partial charge in [-0.1, -0.05) is 96.8 Å². The van der Waals surface area contributed by atoms with Crippen molar-refractivity contribution < 1.29 is 24.5 Å². The van der Waals surface area contributed by atoms with Crippen LogP contribution in [-0.4, -0.2) is 41.2 Å². The van der Waals surface area contributed by atoms with Gasteiger partial charge in [-0.3, -0.25) is 4.79 Å². The van der Waals surface area contributed by atoms with Crippen LogP contribution >= 0.6 is 0 Å². The predicted molar refractivity (Wildman–Crippen MR) is 111 cm³/mol. The zero-order valence-corrected chi connectivity index (χ0v) is 17.7. The Labute approximate surface area is 170 Å². The molecular formula is C22H41NO5. The van der Waals surface area contributed by atoms with Crippen LogP contribution in [0.4, 0.5) is 0 Å². The molecule has 2 atom stereocenters. The Kier molecular flexibility index (Phi) is 19.6. The average molecular weight is 400 g/mol. The third-order valence-electron chi connectivity index (χ3n) is 4.93. The summed E-state index contributed by atoms with van der Waals surface area (Å²) in [6, 6.07) is 0. The standard InChI is InChI=1S/C22H41NO5/c1-2-3-4-5-6-7-8-9-10-11-12-13-14-15-16-17-21(27)28-22(23-19-25)20(26)18-24/h20,22,24,26H,2-18H2,1H3. The van der Waals surface area contributed by atoms with Crippen LogP contribution in [-0.2, 0) is 14.3 Å². The third kappa shape index (κ3) is 16.9. The fourth-order valence-corrected chi connectivity index (χ4v) is 3.17. The van der Waals surface area contributed by atoms with Gasteiger partial charge in [0, 0.05) is 6.42 Å². The van der Waals surface area contributed by atoms with Gasteiger partial charge >= 0.3 is 5.97 Å². The molecule has 0 bridgehead atoms. The Morgan fingerprint density at radius 3 is 1.68 bits per heavy atom. The lowest BCUT2D eigenvalue weighted by Gasteiger charge is -2.16. The van der Waals surface area contributed by atoms with Crippen LogP contribution < -0.4 is 0 Å². The minimum Gasteiger partial charge on any atom is -0.436 e. The second-order valence-electron chi connectivity index (χ2n) is 7.55. The molecule has 0 aliphatic rings. The number of unbranched alkanes of at least 4 members (excludes halogenated alkanes) is 14. The highest BCUT2D eigenvalue weighted by molar-refractivity contribution is 5.69. The van der Waals surface area contributed by atoms with Crippen LogP contribution in [0.5, 0.6) is 0 Å². The number of nitrogens with zero attached hydrogens (tertiary/aromatic N) is 1. The van der Waals surface area contributed by atoms with E-state index < -0.39 is 24.9 Å². The number of carbonyl (C=O) groups is 1. The number of aliphatic hydroxyl groups is 2. The summed E-state index contributed by atoms with van der Waals surface area (Å²) in [5.74, 6) is -0.522. The molecule has 0 amide bonds. The van der Waals surface area contributed by atoms with Crippen molar-refractivity contribution in [3.05, 3.63) is 0 Å². The normalized spacial score (nSPS) is 13.0. The van der Waals surface area contributed by atoms with Crippen LogP contribution in [0, 0.1) is 0 Å². The van der Waals surface area contributed by atoms with Gasteiger partial charge in [0.2, 0.25) is 12.3 Å². The maximum Gasteiger partial charge on any atom is 0.307 e. The van der Waals surface area contributed by atoms with E-state index >= 15 is 0 Å². The SMILES string of the molecule is CCCCCCCCCCCCCCCCCC(=O)OC(N=C=O)C(O)CO. The molecule has 0 fully saturated rings. The van der Waals surface area contributed by atoms with Gasteiger partial charge in [-0.25, -0.2) is 4.79 Å². The number of hydrogen-bond acceptors (Lipinski definition) is 6. The van der Waals surface area contributed by atoms with Gasteiger partial charge in [0.1, 0.15) is 6.10 Å². The van der Waals surface area contributed by atoms with E-state index in [1.807, 2.05) is 0 Å². The number of esters is 1. The summed E-state index contributed by atoms with van der Waals surface area (Å²) in [5.41, 5.74) is 0. The smallest absolute Gasteiger partial charge is 0.307 e. The molecule has 0 radical (unpaired) electrons. The summed E-state index contributed by atoms with van der Waals surface area (Å²) in [6.45, 7) is 1.62. The molecule has 6 nitrogen and oxygen atoms in total. The number of rotatable bonds is 20. The highest BCUT2D eigenvalue weighted by Gasteiger charge is 2.21. The summed E-state index contributed by atoms with van der Waals surface area (Å²) in [7, 11) is 0. The molecule has 0 saturated heterocycles. The van der Waals surface area contributed by atoms with Gasteiger partial charge in [-0.2, -0.15) is 4.99 Å². The molecule has 6 heteroatoms. The van der Waals surface area contributed by atoms with Crippen molar-refractivity contribution in [2.45, 2.75) is 122 Å². The highest BCUT2D eigenvalue weighted by Crippen LogP contribution is 2.14. The lowest BCUT2D eigenvalue weighted by molar-refractivity contribution is -0.155. The van der Waals surface area contributed by atoms with E-state index in [1.165, 1.54) is 83.1 Å². The van der Waals surface area contributed by atoms with Crippen molar-refractivity contribution in [1.82, 2.24) is 0 Å². The Balaban J connectivity index is 3.43. The van der Waals surface area contributed by atoms with Gasteiger partial charge in [0.05, 0.1) is 6.61 Å². The summed E-state index contributed by atoms with van der Waals surface area (Å²) in [4.78, 5) is 25.1. The molecule has 164 valence electrons. The first-order chi connectivity index (χ1) is 13.7. The second-order valence-corrected chi connectivity index (χ2v) is 7.55. The number of ether oxygens (including phenoxy) is 1. The van der Waals surface area contributed by atoms with E-state index in [0.717, 1.165) is 12.8 Å². The van der Waals surface area contributed by atoms with Gasteiger partial charge in [0.15, 0.2) is 0 Å². The molecular weight excluding hydrogens is 358 g/mol. The van der Waals surface area contributed by atoms with E-state index in [9.17, 15) is 14.7 Å². The van der Waals surface area contributed by atoms with E-state index in [1.54, 1.807) is 0 Å². The van der Waals surface area contributed by atoms with Crippen LogP contribution in [0.15, 0.2) is 4.99 Å². The van der Waals surface area contributed by atoms with E-state index in [0.29, 0.717) is 6.42 Å². The van der Waals surface area contributed by atoms with Crippen LogP contribution in [0.3, 0.4) is 0 Å². The van der Waals surface area contributed by atoms with Gasteiger partial charge in [0.25, 0.3) is 0 Å². The van der Waals surface area contributed by atoms with Crippen molar-refractivity contribution in [2.75, 3.05) is 6.61 Å². The first-order valence-electron chi connectivity index (χ1n) is 11.2. The number of carbonyl (C=O) groups excluding carboxylic acids is 2. The third-order valence-corrected chi connectivity index (χ3v) is 4.93. The van der Waals surface area contributed by atoms with Gasteiger partial charge < -0.3 is 14.9 Å². The minimum atomic E-state index is -1.40. The number of aliphatic imine (C=N–C) groups is 1. The topological polar surface area (TPSA) is 96.2 Å². The van der Waals surface area contributed by atoms with Gasteiger partial charge in [-0.05, 0) is 6.42 Å². The lowest BCUT2D eigenvalue weighted by Crippen LogP contribution is -2.32. The Bertz CT molecular complexity index is 410. The Hall–Kier alpha value is -1.23. The maximum atomic E-state index is 11.7. The van der Waals surface area contributed by atoms with E-state index in [2.05, 4.69) is 11.9 Å². The quantitative estimate of drug-likeness (QED) is 0.133. The van der Waals surface area contributed by atoms with Gasteiger partial charge in [-0.15, -0.1) is 0 Å². The average Bonchev–Trinajstić information content (AvgIpc) is 2.70. The number of hydrogen-bond donors (Lipinski definition) is 2. The fourth-order valence-electron chi connectivity index (χ4n) is 3.17. The van der Waals surface area contributed by atoms with Crippen molar-refractivity contribution in [3.8, 4) is 0 Å². The molecule has 0 heterocycles. The largest absolute Gasteiger partial charge is 0.436 e. The summed E-state index contributed by atoms with van der Waals surface area (Å²) in [6.07, 6.45) is 17.5. The Morgan fingerprint density at radius 1 is 0.857 bits per heavy atom. The Morgan fingerprint density at radius 2 is 1.29 bits per heavy atom.